The van der Waals surface area contributed by atoms with Crippen LogP contribution in [0.3, 0.4) is 0 Å². The molecule has 42 heavy (non-hydrogen) atoms. The molecular formula is C32H54N4O6. The van der Waals surface area contributed by atoms with Gasteiger partial charge in [-0.15, -0.1) is 0 Å². The molecule has 0 saturated carbocycles. The number of rotatable bonds is 16. The van der Waals surface area contributed by atoms with Gasteiger partial charge in [0.15, 0.2) is 0 Å². The van der Waals surface area contributed by atoms with E-state index in [2.05, 4.69) is 45.4 Å². The highest BCUT2D eigenvalue weighted by Gasteiger charge is 2.17. The highest BCUT2D eigenvalue weighted by molar-refractivity contribution is 5.79. The van der Waals surface area contributed by atoms with Gasteiger partial charge in [0, 0.05) is 25.7 Å². The summed E-state index contributed by atoms with van der Waals surface area (Å²) >= 11 is 0. The van der Waals surface area contributed by atoms with Crippen LogP contribution in [-0.4, -0.2) is 35.2 Å². The molecule has 4 amide bonds. The molecule has 0 bridgehead atoms. The lowest BCUT2D eigenvalue weighted by atomic mass is 10.1. The largest absolute Gasteiger partial charge is 0.443 e. The second-order valence-electron chi connectivity index (χ2n) is 12.2. The molecule has 238 valence electrons. The Morgan fingerprint density at radius 1 is 0.476 bits per heavy atom. The van der Waals surface area contributed by atoms with Crippen LogP contribution in [0.4, 0.5) is 9.59 Å². The Hall–Kier alpha value is -3.40. The highest BCUT2D eigenvalue weighted by Crippen LogP contribution is 2.10. The summed E-state index contributed by atoms with van der Waals surface area (Å²) in [5.41, 5.74) is 8.04. The number of hydrazine groups is 2. The monoisotopic (exact) mass is 590 g/mol. The normalized spacial score (nSPS) is 10.7. The molecule has 0 aromatic heterocycles. The zero-order valence-electron chi connectivity index (χ0n) is 26.8. The first kappa shape index (κ1) is 38.6. The van der Waals surface area contributed by atoms with Crippen LogP contribution in [0.5, 0.6) is 0 Å². The van der Waals surface area contributed by atoms with Crippen molar-refractivity contribution in [2.45, 2.75) is 155 Å². The maximum Gasteiger partial charge on any atom is 0.426 e. The number of hydrogen-bond acceptors (Lipinski definition) is 6. The van der Waals surface area contributed by atoms with E-state index in [-0.39, 0.29) is 11.8 Å². The van der Waals surface area contributed by atoms with Gasteiger partial charge in [-0.25, -0.2) is 20.4 Å². The first-order valence-electron chi connectivity index (χ1n) is 15.3. The van der Waals surface area contributed by atoms with Gasteiger partial charge in [-0.05, 0) is 79.1 Å². The minimum atomic E-state index is -0.664. The Bertz CT molecular complexity index is 853. The van der Waals surface area contributed by atoms with Crippen LogP contribution in [0.1, 0.15) is 144 Å². The average molecular weight is 591 g/mol. The first-order chi connectivity index (χ1) is 19.8. The predicted molar refractivity (Wildman–Crippen MR) is 164 cm³/mol. The summed E-state index contributed by atoms with van der Waals surface area (Å²) in [6, 6.07) is 0. The van der Waals surface area contributed by atoms with Crippen molar-refractivity contribution >= 4 is 24.0 Å². The Morgan fingerprint density at radius 3 is 1.12 bits per heavy atom. The molecule has 0 aromatic carbocycles. The van der Waals surface area contributed by atoms with Crippen LogP contribution in [0.15, 0.2) is 0 Å². The number of unbranched alkanes of at least 4 members (excludes halogenated alkanes) is 12. The molecule has 4 N–H and O–H groups in total. The summed E-state index contributed by atoms with van der Waals surface area (Å²) in [6.07, 6.45) is 13.3. The minimum Gasteiger partial charge on any atom is -0.443 e. The quantitative estimate of drug-likeness (QED) is 0.0940. The number of ether oxygens (including phenoxy) is 2. The second kappa shape index (κ2) is 23.2. The molecule has 0 atom stereocenters. The molecule has 0 saturated heterocycles. The second-order valence-corrected chi connectivity index (χ2v) is 12.2. The fourth-order valence-electron chi connectivity index (χ4n) is 3.60. The van der Waals surface area contributed by atoms with E-state index in [1.807, 2.05) is 0 Å². The van der Waals surface area contributed by atoms with E-state index in [1.165, 1.54) is 0 Å². The standard InChI is InChI=1S/C32H54N4O6/c1-31(2,3)41-29(39)35-33-27(37)25-23-21-19-17-15-13-11-9-7-8-10-12-14-16-18-20-22-24-26-28(38)34-36-30(40)42-32(4,5)6/h11-26H2,1-6H3,(H,33,37)(H,34,38)(H,35,39)(H,36,40). The van der Waals surface area contributed by atoms with Crippen molar-refractivity contribution in [2.75, 3.05) is 0 Å². The average Bonchev–Trinajstić information content (AvgIpc) is 2.87. The van der Waals surface area contributed by atoms with Crippen molar-refractivity contribution in [3.8, 4) is 23.7 Å². The van der Waals surface area contributed by atoms with Crippen molar-refractivity contribution in [1.82, 2.24) is 21.7 Å². The molecule has 0 radical (unpaired) electrons. The summed E-state index contributed by atoms with van der Waals surface area (Å²) in [7, 11) is 0. The topological polar surface area (TPSA) is 135 Å². The van der Waals surface area contributed by atoms with Crippen LogP contribution in [-0.2, 0) is 19.1 Å². The van der Waals surface area contributed by atoms with E-state index < -0.39 is 23.4 Å². The lowest BCUT2D eigenvalue weighted by Gasteiger charge is -2.19. The third-order valence-electron chi connectivity index (χ3n) is 5.56. The van der Waals surface area contributed by atoms with Crippen LogP contribution >= 0.6 is 0 Å². The van der Waals surface area contributed by atoms with Gasteiger partial charge in [0.05, 0.1) is 0 Å². The predicted octanol–water partition coefficient (Wildman–Crippen LogP) is 6.35. The van der Waals surface area contributed by atoms with E-state index >= 15 is 0 Å². The van der Waals surface area contributed by atoms with Gasteiger partial charge in [0.1, 0.15) is 11.2 Å². The fraction of sp³-hybridized carbons (Fsp3) is 0.750. The van der Waals surface area contributed by atoms with Crippen LogP contribution in [0.2, 0.25) is 0 Å². The van der Waals surface area contributed by atoms with Gasteiger partial charge in [-0.3, -0.25) is 20.4 Å². The zero-order chi connectivity index (χ0) is 31.7. The fourth-order valence-corrected chi connectivity index (χ4v) is 3.60. The maximum absolute atomic E-state index is 11.7. The summed E-state index contributed by atoms with van der Waals surface area (Å²) in [6.45, 7) is 10.6. The Labute approximate surface area is 253 Å². The van der Waals surface area contributed by atoms with Crippen molar-refractivity contribution in [1.29, 1.82) is 0 Å². The number of carbonyl (C=O) groups is 4. The minimum absolute atomic E-state index is 0.219. The van der Waals surface area contributed by atoms with E-state index in [1.54, 1.807) is 41.5 Å². The van der Waals surface area contributed by atoms with Gasteiger partial charge in [-0.2, -0.15) is 0 Å². The van der Waals surface area contributed by atoms with Gasteiger partial charge in [0.25, 0.3) is 0 Å². The van der Waals surface area contributed by atoms with E-state index in [9.17, 15) is 19.2 Å². The third kappa shape index (κ3) is 29.6. The number of amides is 4. The number of hydrogen-bond donors (Lipinski definition) is 4. The molecule has 0 aliphatic rings. The Kier molecular flexibility index (Phi) is 21.3. The molecule has 0 unspecified atom stereocenters. The molecule has 0 spiro atoms. The SMILES string of the molecule is CC(C)(C)OC(=O)NNC(=O)CCCCCCCCC#CC#CCCCCCCCCC(=O)NNC(=O)OC(C)(C)C. The number of carbonyl (C=O) groups excluding carboxylic acids is 4. The summed E-state index contributed by atoms with van der Waals surface area (Å²) in [5.74, 6) is 11.7. The lowest BCUT2D eigenvalue weighted by molar-refractivity contribution is -0.123. The van der Waals surface area contributed by atoms with Crippen molar-refractivity contribution in [3.05, 3.63) is 0 Å². The zero-order valence-corrected chi connectivity index (χ0v) is 26.8. The molecular weight excluding hydrogens is 536 g/mol. The van der Waals surface area contributed by atoms with Crippen molar-refractivity contribution in [3.63, 3.8) is 0 Å². The summed E-state index contributed by atoms with van der Waals surface area (Å²) < 4.78 is 10.1. The van der Waals surface area contributed by atoms with E-state index in [0.29, 0.717) is 12.8 Å². The highest BCUT2D eigenvalue weighted by atomic mass is 16.6. The molecule has 0 fully saturated rings. The van der Waals surface area contributed by atoms with Crippen LogP contribution < -0.4 is 21.7 Å². The van der Waals surface area contributed by atoms with Gasteiger partial charge in [0.2, 0.25) is 11.8 Å². The summed E-state index contributed by atoms with van der Waals surface area (Å²) in [4.78, 5) is 46.5. The maximum atomic E-state index is 11.7. The van der Waals surface area contributed by atoms with Gasteiger partial charge in [-0.1, -0.05) is 63.2 Å². The number of nitrogens with one attached hydrogen (secondary N) is 4. The van der Waals surface area contributed by atoms with E-state index in [4.69, 9.17) is 9.47 Å². The van der Waals surface area contributed by atoms with Crippen molar-refractivity contribution < 1.29 is 28.7 Å². The molecule has 0 rings (SSSR count). The third-order valence-corrected chi connectivity index (χ3v) is 5.56. The summed E-state index contributed by atoms with van der Waals surface area (Å²) in [5, 5.41) is 0. The first-order valence-corrected chi connectivity index (χ1v) is 15.3. The van der Waals surface area contributed by atoms with E-state index in [0.717, 1.165) is 89.9 Å². The molecule has 0 heterocycles. The van der Waals surface area contributed by atoms with Gasteiger partial charge >= 0.3 is 12.2 Å². The Morgan fingerprint density at radius 2 is 0.786 bits per heavy atom. The lowest BCUT2D eigenvalue weighted by Crippen LogP contribution is -2.44. The molecule has 0 aliphatic carbocycles. The molecule has 0 aromatic rings. The van der Waals surface area contributed by atoms with Crippen LogP contribution in [0.25, 0.3) is 0 Å². The van der Waals surface area contributed by atoms with Gasteiger partial charge < -0.3 is 9.47 Å². The Balaban J connectivity index is 3.52. The van der Waals surface area contributed by atoms with Crippen LogP contribution in [0, 0.1) is 23.7 Å². The molecule has 0 aliphatic heterocycles. The van der Waals surface area contributed by atoms with Crippen molar-refractivity contribution in [2.24, 2.45) is 0 Å². The smallest absolute Gasteiger partial charge is 0.426 e. The molecule has 10 nitrogen and oxygen atoms in total. The molecule has 10 heteroatoms.